The van der Waals surface area contributed by atoms with Gasteiger partial charge in [0.15, 0.2) is 6.61 Å². The summed E-state index contributed by atoms with van der Waals surface area (Å²) in [5, 5.41) is 3.22. The Bertz CT molecular complexity index is 907. The predicted molar refractivity (Wildman–Crippen MR) is 132 cm³/mol. The summed E-state index contributed by atoms with van der Waals surface area (Å²) in [6.45, 7) is 6.40. The molecule has 0 aromatic heterocycles. The highest BCUT2D eigenvalue weighted by Crippen LogP contribution is 2.21. The van der Waals surface area contributed by atoms with Crippen molar-refractivity contribution in [2.45, 2.75) is 77.8 Å². The Hall–Kier alpha value is -2.82. The number of hydrogen-bond acceptors (Lipinski definition) is 3. The SMILES string of the molecule is CC[C@H](C(=O)NC1CCCCC1)N(CCc1ccccc1)C(=O)COc1cccc(C)c1C. The van der Waals surface area contributed by atoms with Crippen molar-refractivity contribution >= 4 is 11.8 Å². The Morgan fingerprint density at radius 1 is 1.03 bits per heavy atom. The zero-order valence-corrected chi connectivity index (χ0v) is 20.3. The van der Waals surface area contributed by atoms with Gasteiger partial charge >= 0.3 is 0 Å². The Labute approximate surface area is 198 Å². The lowest BCUT2D eigenvalue weighted by atomic mass is 9.95. The summed E-state index contributed by atoms with van der Waals surface area (Å²) >= 11 is 0. The Morgan fingerprint density at radius 2 is 1.76 bits per heavy atom. The number of nitrogens with zero attached hydrogens (tertiary/aromatic N) is 1. The number of aryl methyl sites for hydroxylation is 1. The largest absolute Gasteiger partial charge is 0.483 e. The molecule has 1 atom stereocenters. The molecule has 0 unspecified atom stereocenters. The van der Waals surface area contributed by atoms with E-state index in [-0.39, 0.29) is 24.5 Å². The van der Waals surface area contributed by atoms with E-state index in [0.717, 1.165) is 42.4 Å². The van der Waals surface area contributed by atoms with E-state index in [1.165, 1.54) is 6.42 Å². The molecule has 2 amide bonds. The molecule has 5 nitrogen and oxygen atoms in total. The van der Waals surface area contributed by atoms with Crippen molar-refractivity contribution in [3.8, 4) is 5.75 Å². The minimum Gasteiger partial charge on any atom is -0.483 e. The number of amides is 2. The first-order valence-electron chi connectivity index (χ1n) is 12.3. The molecule has 0 radical (unpaired) electrons. The van der Waals surface area contributed by atoms with E-state index in [2.05, 4.69) is 17.4 Å². The lowest BCUT2D eigenvalue weighted by Crippen LogP contribution is -2.53. The van der Waals surface area contributed by atoms with Gasteiger partial charge in [-0.15, -0.1) is 0 Å². The van der Waals surface area contributed by atoms with Crippen molar-refractivity contribution in [2.75, 3.05) is 13.2 Å². The average Bonchev–Trinajstić information content (AvgIpc) is 2.83. The number of benzene rings is 2. The molecule has 1 fully saturated rings. The molecule has 0 heterocycles. The lowest BCUT2D eigenvalue weighted by Gasteiger charge is -2.32. The van der Waals surface area contributed by atoms with Gasteiger partial charge in [0.25, 0.3) is 5.91 Å². The van der Waals surface area contributed by atoms with E-state index in [1.807, 2.05) is 57.2 Å². The molecule has 2 aromatic rings. The highest BCUT2D eigenvalue weighted by Gasteiger charge is 2.30. The minimum atomic E-state index is -0.495. The molecule has 1 aliphatic carbocycles. The molecular formula is C28H38N2O3. The molecule has 1 aliphatic rings. The fourth-order valence-electron chi connectivity index (χ4n) is 4.54. The van der Waals surface area contributed by atoms with E-state index in [9.17, 15) is 9.59 Å². The molecule has 0 saturated heterocycles. The third-order valence-electron chi connectivity index (χ3n) is 6.73. The van der Waals surface area contributed by atoms with Crippen molar-refractivity contribution in [3.05, 3.63) is 65.2 Å². The van der Waals surface area contributed by atoms with Crippen LogP contribution in [0.3, 0.4) is 0 Å². The second-order valence-electron chi connectivity index (χ2n) is 9.08. The molecule has 5 heteroatoms. The molecule has 2 aromatic carbocycles. The van der Waals surface area contributed by atoms with E-state index >= 15 is 0 Å². The third-order valence-corrected chi connectivity index (χ3v) is 6.73. The third kappa shape index (κ3) is 7.08. The van der Waals surface area contributed by atoms with E-state index < -0.39 is 6.04 Å². The first-order chi connectivity index (χ1) is 16.0. The van der Waals surface area contributed by atoms with Crippen molar-refractivity contribution in [1.29, 1.82) is 0 Å². The highest BCUT2D eigenvalue weighted by molar-refractivity contribution is 5.88. The van der Waals surface area contributed by atoms with Gasteiger partial charge in [-0.2, -0.15) is 0 Å². The van der Waals surface area contributed by atoms with Crippen LogP contribution in [0.25, 0.3) is 0 Å². The Kier molecular flexibility index (Phi) is 9.35. The maximum absolute atomic E-state index is 13.4. The smallest absolute Gasteiger partial charge is 0.261 e. The van der Waals surface area contributed by atoms with E-state index in [0.29, 0.717) is 25.1 Å². The first-order valence-corrected chi connectivity index (χ1v) is 12.3. The number of nitrogens with one attached hydrogen (secondary N) is 1. The van der Waals surface area contributed by atoms with Gasteiger partial charge in [-0.3, -0.25) is 9.59 Å². The summed E-state index contributed by atoms with van der Waals surface area (Å²) in [6.07, 6.45) is 6.86. The van der Waals surface area contributed by atoms with Crippen LogP contribution >= 0.6 is 0 Å². The molecule has 0 bridgehead atoms. The summed E-state index contributed by atoms with van der Waals surface area (Å²) in [5.41, 5.74) is 3.30. The van der Waals surface area contributed by atoms with Crippen LogP contribution in [0.5, 0.6) is 5.75 Å². The number of hydrogen-bond donors (Lipinski definition) is 1. The summed E-state index contributed by atoms with van der Waals surface area (Å²) in [4.78, 5) is 28.3. The van der Waals surface area contributed by atoms with Gasteiger partial charge < -0.3 is 15.0 Å². The molecule has 0 spiro atoms. The topological polar surface area (TPSA) is 58.6 Å². The first kappa shape index (κ1) is 24.8. The molecule has 3 rings (SSSR count). The van der Waals surface area contributed by atoms with Crippen molar-refractivity contribution in [1.82, 2.24) is 10.2 Å². The van der Waals surface area contributed by atoms with Gasteiger partial charge in [-0.05, 0) is 62.3 Å². The quantitative estimate of drug-likeness (QED) is 0.555. The Balaban J connectivity index is 1.72. The maximum atomic E-state index is 13.4. The van der Waals surface area contributed by atoms with E-state index in [1.54, 1.807) is 4.90 Å². The highest BCUT2D eigenvalue weighted by atomic mass is 16.5. The summed E-state index contributed by atoms with van der Waals surface area (Å²) < 4.78 is 5.91. The van der Waals surface area contributed by atoms with Crippen LogP contribution in [0.2, 0.25) is 0 Å². The van der Waals surface area contributed by atoms with Crippen LogP contribution in [0, 0.1) is 13.8 Å². The van der Waals surface area contributed by atoms with Crippen LogP contribution in [0.1, 0.15) is 62.1 Å². The molecular weight excluding hydrogens is 412 g/mol. The average molecular weight is 451 g/mol. The van der Waals surface area contributed by atoms with Gasteiger partial charge in [0.2, 0.25) is 5.91 Å². The number of carbonyl (C=O) groups is 2. The van der Waals surface area contributed by atoms with E-state index in [4.69, 9.17) is 4.74 Å². The molecule has 33 heavy (non-hydrogen) atoms. The molecule has 1 N–H and O–H groups in total. The standard InChI is InChI=1S/C28H38N2O3/c1-4-25(28(32)29-24-15-9-6-10-16-24)30(19-18-23-13-7-5-8-14-23)27(31)20-33-26-17-11-12-21(2)22(26)3/h5,7-8,11-14,17,24-25H,4,6,9-10,15-16,18-20H2,1-3H3,(H,29,32)/t25-/m1/s1. The summed E-state index contributed by atoms with van der Waals surface area (Å²) in [6, 6.07) is 15.7. The van der Waals surface area contributed by atoms with Crippen LogP contribution in [-0.4, -0.2) is 41.9 Å². The molecule has 1 saturated carbocycles. The van der Waals surface area contributed by atoms with Crippen molar-refractivity contribution in [2.24, 2.45) is 0 Å². The summed E-state index contributed by atoms with van der Waals surface area (Å²) in [5.74, 6) is 0.515. The van der Waals surface area contributed by atoms with Crippen molar-refractivity contribution < 1.29 is 14.3 Å². The Morgan fingerprint density at radius 3 is 2.45 bits per heavy atom. The second kappa shape index (κ2) is 12.4. The molecule has 178 valence electrons. The number of rotatable bonds is 10. The zero-order valence-electron chi connectivity index (χ0n) is 20.3. The van der Waals surface area contributed by atoms with Gasteiger partial charge in [0, 0.05) is 12.6 Å². The van der Waals surface area contributed by atoms with Gasteiger partial charge in [0.1, 0.15) is 11.8 Å². The van der Waals surface area contributed by atoms with Crippen LogP contribution in [0.4, 0.5) is 0 Å². The zero-order chi connectivity index (χ0) is 23.6. The minimum absolute atomic E-state index is 0.0439. The monoisotopic (exact) mass is 450 g/mol. The second-order valence-corrected chi connectivity index (χ2v) is 9.08. The van der Waals surface area contributed by atoms with Crippen LogP contribution < -0.4 is 10.1 Å². The maximum Gasteiger partial charge on any atom is 0.261 e. The fraction of sp³-hybridized carbons (Fsp3) is 0.500. The van der Waals surface area contributed by atoms with Crippen LogP contribution in [0.15, 0.2) is 48.5 Å². The normalized spacial score (nSPS) is 15.0. The van der Waals surface area contributed by atoms with Gasteiger partial charge in [-0.25, -0.2) is 0 Å². The lowest BCUT2D eigenvalue weighted by molar-refractivity contribution is -0.142. The molecule has 0 aliphatic heterocycles. The van der Waals surface area contributed by atoms with Crippen LogP contribution in [-0.2, 0) is 16.0 Å². The van der Waals surface area contributed by atoms with Gasteiger partial charge in [-0.1, -0.05) is 68.7 Å². The van der Waals surface area contributed by atoms with Crippen molar-refractivity contribution in [3.63, 3.8) is 0 Å². The van der Waals surface area contributed by atoms with Gasteiger partial charge in [0.05, 0.1) is 0 Å². The fourth-order valence-corrected chi connectivity index (χ4v) is 4.54. The summed E-state index contributed by atoms with van der Waals surface area (Å²) in [7, 11) is 0. The number of ether oxygens (including phenoxy) is 1. The predicted octanol–water partition coefficient (Wildman–Crippen LogP) is 4.98. The number of carbonyl (C=O) groups excluding carboxylic acids is 2.